The van der Waals surface area contributed by atoms with Gasteiger partial charge in [-0.15, -0.1) is 0 Å². The lowest BCUT2D eigenvalue weighted by Crippen LogP contribution is -2.47. The number of nitrogens with one attached hydrogen (secondary N) is 1. The van der Waals surface area contributed by atoms with Gasteiger partial charge in [-0.2, -0.15) is 0 Å². The highest BCUT2D eigenvalue weighted by molar-refractivity contribution is 7.92. The second-order valence-corrected chi connectivity index (χ2v) is 9.83. The van der Waals surface area contributed by atoms with E-state index in [1.165, 1.54) is 0 Å². The Morgan fingerprint density at radius 2 is 1.80 bits per heavy atom. The van der Waals surface area contributed by atoms with Gasteiger partial charge >= 0.3 is 5.97 Å². The molecule has 0 unspecified atom stereocenters. The highest BCUT2D eigenvalue weighted by Crippen LogP contribution is 2.19. The number of sulfone groups is 1. The van der Waals surface area contributed by atoms with Crippen LogP contribution in [0.1, 0.15) is 33.1 Å². The number of hydrogen-bond donors (Lipinski definition) is 2. The van der Waals surface area contributed by atoms with Crippen molar-refractivity contribution in [1.29, 1.82) is 0 Å². The highest BCUT2D eigenvalue weighted by atomic mass is 32.2. The van der Waals surface area contributed by atoms with E-state index >= 15 is 0 Å². The molecule has 0 spiro atoms. The van der Waals surface area contributed by atoms with Gasteiger partial charge in [0, 0.05) is 0 Å². The Bertz CT molecular complexity index is 537. The first kappa shape index (κ1) is 17.4. The van der Waals surface area contributed by atoms with Crippen LogP contribution in [0.4, 0.5) is 0 Å². The molecule has 1 saturated heterocycles. The van der Waals surface area contributed by atoms with E-state index in [1.807, 2.05) is 0 Å². The fraction of sp³-hybridized carbons (Fsp3) is 0.909. The van der Waals surface area contributed by atoms with Gasteiger partial charge in [0.2, 0.25) is 10.0 Å². The summed E-state index contributed by atoms with van der Waals surface area (Å²) in [5, 5.41) is 8.21. The smallest absolute Gasteiger partial charge is 0.321 e. The van der Waals surface area contributed by atoms with Gasteiger partial charge in [-0.1, -0.05) is 13.8 Å². The topological polar surface area (TPSA) is 118 Å². The minimum absolute atomic E-state index is 0.0195. The zero-order valence-electron chi connectivity index (χ0n) is 11.6. The minimum atomic E-state index is -3.82. The van der Waals surface area contributed by atoms with Gasteiger partial charge in [0.05, 0.1) is 16.8 Å². The minimum Gasteiger partial charge on any atom is -0.480 e. The molecule has 1 fully saturated rings. The Labute approximate surface area is 119 Å². The van der Waals surface area contributed by atoms with Gasteiger partial charge in [-0.25, -0.2) is 21.6 Å². The molecular weight excluding hydrogens is 306 g/mol. The average Bonchev–Trinajstić information content (AvgIpc) is 2.26. The van der Waals surface area contributed by atoms with Crippen molar-refractivity contribution >= 4 is 25.8 Å². The molecule has 0 radical (unpaired) electrons. The molecule has 1 atom stereocenters. The van der Waals surface area contributed by atoms with E-state index in [0.717, 1.165) is 0 Å². The zero-order chi connectivity index (χ0) is 15.6. The van der Waals surface area contributed by atoms with Crippen LogP contribution in [-0.2, 0) is 24.7 Å². The Hall–Kier alpha value is -0.670. The first-order valence-electron chi connectivity index (χ1n) is 6.48. The van der Waals surface area contributed by atoms with Crippen molar-refractivity contribution in [2.75, 3.05) is 11.5 Å². The molecule has 2 N–H and O–H groups in total. The predicted molar refractivity (Wildman–Crippen MR) is 74.6 cm³/mol. The molecule has 7 nitrogen and oxygen atoms in total. The van der Waals surface area contributed by atoms with E-state index in [0.29, 0.717) is 0 Å². The quantitative estimate of drug-likeness (QED) is 0.708. The summed E-state index contributed by atoms with van der Waals surface area (Å²) >= 11 is 0. The molecule has 0 aromatic heterocycles. The molecule has 9 heteroatoms. The lowest BCUT2D eigenvalue weighted by Gasteiger charge is -2.24. The number of carboxylic acids is 1. The van der Waals surface area contributed by atoms with E-state index in [2.05, 4.69) is 4.72 Å². The largest absolute Gasteiger partial charge is 0.480 e. The number of hydrogen-bond acceptors (Lipinski definition) is 5. The number of carbonyl (C=O) groups is 1. The van der Waals surface area contributed by atoms with Gasteiger partial charge < -0.3 is 5.11 Å². The third-order valence-corrected chi connectivity index (χ3v) is 6.93. The van der Waals surface area contributed by atoms with E-state index in [-0.39, 0.29) is 36.7 Å². The van der Waals surface area contributed by atoms with Crippen LogP contribution in [0.15, 0.2) is 0 Å². The summed E-state index contributed by atoms with van der Waals surface area (Å²) in [5.74, 6) is -1.52. The van der Waals surface area contributed by atoms with Gasteiger partial charge in [0.1, 0.15) is 15.9 Å². The second kappa shape index (κ2) is 6.40. The van der Waals surface area contributed by atoms with Crippen molar-refractivity contribution in [3.8, 4) is 0 Å². The van der Waals surface area contributed by atoms with Crippen LogP contribution < -0.4 is 4.72 Å². The van der Waals surface area contributed by atoms with Crippen LogP contribution in [0, 0.1) is 5.92 Å². The summed E-state index contributed by atoms with van der Waals surface area (Å²) in [7, 11) is -6.97. The van der Waals surface area contributed by atoms with Gasteiger partial charge in [0.25, 0.3) is 0 Å². The summed E-state index contributed by atoms with van der Waals surface area (Å²) in [5.41, 5.74) is 0. The lowest BCUT2D eigenvalue weighted by molar-refractivity contribution is -0.139. The van der Waals surface area contributed by atoms with Crippen LogP contribution in [0.25, 0.3) is 0 Å². The molecule has 20 heavy (non-hydrogen) atoms. The Balaban J connectivity index is 2.76. The summed E-state index contributed by atoms with van der Waals surface area (Å²) < 4.78 is 49.0. The zero-order valence-corrected chi connectivity index (χ0v) is 13.2. The molecule has 1 aliphatic rings. The molecule has 118 valence electrons. The average molecular weight is 327 g/mol. The molecule has 1 aliphatic heterocycles. The normalized spacial score (nSPS) is 21.8. The summed E-state index contributed by atoms with van der Waals surface area (Å²) in [4.78, 5) is 11.1. The summed E-state index contributed by atoms with van der Waals surface area (Å²) in [6.45, 7) is 3.61. The second-order valence-electron chi connectivity index (χ2n) is 5.53. The van der Waals surface area contributed by atoms with Crippen molar-refractivity contribution in [2.24, 2.45) is 5.92 Å². The number of sulfonamides is 1. The van der Waals surface area contributed by atoms with Crippen molar-refractivity contribution in [3.63, 3.8) is 0 Å². The van der Waals surface area contributed by atoms with E-state index < -0.39 is 37.1 Å². The third kappa shape index (κ3) is 5.02. The fourth-order valence-electron chi connectivity index (χ4n) is 2.14. The first-order valence-corrected chi connectivity index (χ1v) is 9.84. The fourth-order valence-corrected chi connectivity index (χ4v) is 5.58. The molecule has 0 bridgehead atoms. The molecule has 0 amide bonds. The van der Waals surface area contributed by atoms with Crippen molar-refractivity contribution in [3.05, 3.63) is 0 Å². The maximum Gasteiger partial charge on any atom is 0.321 e. The molecular formula is C11H21NO6S2. The van der Waals surface area contributed by atoms with Crippen molar-refractivity contribution in [2.45, 2.75) is 44.4 Å². The molecule has 1 heterocycles. The summed E-state index contributed by atoms with van der Waals surface area (Å²) in [6, 6.07) is -1.17. The van der Waals surface area contributed by atoms with Crippen LogP contribution in [0.3, 0.4) is 0 Å². The van der Waals surface area contributed by atoms with Crippen molar-refractivity contribution in [1.82, 2.24) is 4.72 Å². The number of rotatable bonds is 6. The lowest BCUT2D eigenvalue weighted by atomic mass is 10.1. The van der Waals surface area contributed by atoms with Gasteiger partial charge in [0.15, 0.2) is 0 Å². The van der Waals surface area contributed by atoms with Crippen LogP contribution >= 0.6 is 0 Å². The number of aliphatic carboxylic acids is 1. The molecule has 0 saturated carbocycles. The number of carboxylic acid groups (broad SMARTS) is 1. The predicted octanol–water partition coefficient (Wildman–Crippen LogP) is -0.0177. The molecule has 1 rings (SSSR count). The monoisotopic (exact) mass is 327 g/mol. The molecule has 0 aromatic rings. The molecule has 0 aromatic carbocycles. The highest BCUT2D eigenvalue weighted by Gasteiger charge is 2.35. The summed E-state index contributed by atoms with van der Waals surface area (Å²) in [6.07, 6.45) is 0.233. The van der Waals surface area contributed by atoms with Gasteiger partial charge in [-0.3, -0.25) is 4.79 Å². The Morgan fingerprint density at radius 3 is 2.20 bits per heavy atom. The standard InChI is InChI=1S/C11H21NO6S2/c1-8(2)7-10(11(13)14)12-20(17,18)9-3-5-19(15,16)6-4-9/h8-10,12H,3-7H2,1-2H3,(H,13,14)/t10-/m1/s1. The van der Waals surface area contributed by atoms with Crippen LogP contribution in [-0.4, -0.2) is 50.7 Å². The third-order valence-electron chi connectivity index (χ3n) is 3.25. The SMILES string of the molecule is CC(C)C[C@@H](NS(=O)(=O)C1CCS(=O)(=O)CC1)C(=O)O. The van der Waals surface area contributed by atoms with E-state index in [4.69, 9.17) is 5.11 Å². The van der Waals surface area contributed by atoms with Crippen LogP contribution in [0.2, 0.25) is 0 Å². The van der Waals surface area contributed by atoms with E-state index in [9.17, 15) is 21.6 Å². The maximum atomic E-state index is 12.1. The first-order chi connectivity index (χ1) is 9.03. The van der Waals surface area contributed by atoms with E-state index in [1.54, 1.807) is 13.8 Å². The maximum absolute atomic E-state index is 12.1. The molecule has 0 aliphatic carbocycles. The van der Waals surface area contributed by atoms with Gasteiger partial charge in [-0.05, 0) is 25.2 Å². The van der Waals surface area contributed by atoms with Crippen LogP contribution in [0.5, 0.6) is 0 Å². The Morgan fingerprint density at radius 1 is 1.30 bits per heavy atom. The van der Waals surface area contributed by atoms with Crippen molar-refractivity contribution < 1.29 is 26.7 Å². The Kier molecular flexibility index (Phi) is 5.56.